The van der Waals surface area contributed by atoms with Gasteiger partial charge in [0.2, 0.25) is 0 Å². The van der Waals surface area contributed by atoms with Gasteiger partial charge in [0.1, 0.15) is 0 Å². The van der Waals surface area contributed by atoms with Crippen molar-refractivity contribution in [2.45, 2.75) is 80.6 Å². The van der Waals surface area contributed by atoms with Crippen molar-refractivity contribution in [2.75, 3.05) is 13.2 Å². The normalized spacial score (nSPS) is 12.6. The molecule has 0 heterocycles. The summed E-state index contributed by atoms with van der Waals surface area (Å²) in [5, 5.41) is 0. The van der Waals surface area contributed by atoms with Crippen LogP contribution in [0.5, 0.6) is 0 Å². The Morgan fingerprint density at radius 3 is 1.60 bits per heavy atom. The monoisotopic (exact) mass is 354 g/mol. The number of carbonyl (C=O) groups is 2. The third-order valence-corrected chi connectivity index (χ3v) is 3.60. The highest BCUT2D eigenvalue weighted by atomic mass is 16.5. The average molecular weight is 355 g/mol. The second-order valence-electron chi connectivity index (χ2n) is 8.00. The van der Waals surface area contributed by atoms with Gasteiger partial charge in [-0.25, -0.2) is 9.59 Å². The van der Waals surface area contributed by atoms with Gasteiger partial charge in [0.15, 0.2) is 0 Å². The van der Waals surface area contributed by atoms with E-state index >= 15 is 0 Å². The largest absolute Gasteiger partial charge is 0.462 e. The molecule has 0 rings (SSSR count). The van der Waals surface area contributed by atoms with Gasteiger partial charge in [-0.05, 0) is 37.0 Å². The summed E-state index contributed by atoms with van der Waals surface area (Å²) in [7, 11) is 0. The van der Waals surface area contributed by atoms with Crippen molar-refractivity contribution in [1.29, 1.82) is 0 Å². The highest BCUT2D eigenvalue weighted by Gasteiger charge is 2.24. The van der Waals surface area contributed by atoms with E-state index in [2.05, 4.69) is 6.92 Å². The Labute approximate surface area is 154 Å². The van der Waals surface area contributed by atoms with Gasteiger partial charge in [0, 0.05) is 11.1 Å². The molecule has 0 aliphatic rings. The maximum absolute atomic E-state index is 12.6. The standard InChI is InChI=1S/C21H38O4/c1-8-9-10-11-18(20(22)24-13-16(4)5)19(12-15(2)3)21(23)25-14-17(6)7/h15-17H,8-14H2,1-7H3. The predicted molar refractivity (Wildman–Crippen MR) is 102 cm³/mol. The van der Waals surface area contributed by atoms with Crippen LogP contribution in [0.15, 0.2) is 11.1 Å². The molecule has 0 aliphatic carbocycles. The molecule has 0 atom stereocenters. The molecule has 4 nitrogen and oxygen atoms in total. The van der Waals surface area contributed by atoms with E-state index in [4.69, 9.17) is 9.47 Å². The Morgan fingerprint density at radius 1 is 0.720 bits per heavy atom. The van der Waals surface area contributed by atoms with Gasteiger partial charge in [-0.15, -0.1) is 0 Å². The molecule has 0 spiro atoms. The lowest BCUT2D eigenvalue weighted by molar-refractivity contribution is -0.143. The molecule has 0 aliphatic heterocycles. The Hall–Kier alpha value is -1.32. The summed E-state index contributed by atoms with van der Waals surface area (Å²) >= 11 is 0. The number of unbranched alkanes of at least 4 members (excludes halogenated alkanes) is 2. The zero-order chi connectivity index (χ0) is 19.4. The number of carbonyl (C=O) groups excluding carboxylic acids is 2. The predicted octanol–water partition coefficient (Wildman–Crippen LogP) is 5.31. The summed E-state index contributed by atoms with van der Waals surface area (Å²) in [4.78, 5) is 25.2. The molecule has 146 valence electrons. The molecule has 0 saturated heterocycles. The fraction of sp³-hybridized carbons (Fsp3) is 0.810. The lowest BCUT2D eigenvalue weighted by atomic mass is 9.94. The highest BCUT2D eigenvalue weighted by molar-refractivity contribution is 6.00. The third kappa shape index (κ3) is 11.0. The Bertz CT molecular complexity index is 433. The van der Waals surface area contributed by atoms with Crippen LogP contribution in [-0.2, 0) is 19.1 Å². The number of hydrogen-bond acceptors (Lipinski definition) is 4. The summed E-state index contributed by atoms with van der Waals surface area (Å²) in [5.74, 6) is 0.0704. The molecule has 0 unspecified atom stereocenters. The van der Waals surface area contributed by atoms with E-state index in [0.29, 0.717) is 37.2 Å². The first-order valence-electron chi connectivity index (χ1n) is 9.75. The highest BCUT2D eigenvalue weighted by Crippen LogP contribution is 2.23. The quantitative estimate of drug-likeness (QED) is 0.271. The Morgan fingerprint density at radius 2 is 1.20 bits per heavy atom. The van der Waals surface area contributed by atoms with E-state index < -0.39 is 0 Å². The van der Waals surface area contributed by atoms with Crippen molar-refractivity contribution in [3.63, 3.8) is 0 Å². The maximum atomic E-state index is 12.6. The van der Waals surface area contributed by atoms with Crippen molar-refractivity contribution >= 4 is 11.9 Å². The molecule has 25 heavy (non-hydrogen) atoms. The lowest BCUT2D eigenvalue weighted by Gasteiger charge is -2.17. The second kappa shape index (κ2) is 13.0. The molecular weight excluding hydrogens is 316 g/mol. The van der Waals surface area contributed by atoms with Crippen molar-refractivity contribution in [3.05, 3.63) is 11.1 Å². The van der Waals surface area contributed by atoms with Gasteiger partial charge in [-0.1, -0.05) is 61.3 Å². The van der Waals surface area contributed by atoms with Crippen molar-refractivity contribution < 1.29 is 19.1 Å². The average Bonchev–Trinajstić information content (AvgIpc) is 2.52. The fourth-order valence-electron chi connectivity index (χ4n) is 2.32. The van der Waals surface area contributed by atoms with Crippen LogP contribution in [0.3, 0.4) is 0 Å². The topological polar surface area (TPSA) is 52.6 Å². The summed E-state index contributed by atoms with van der Waals surface area (Å²) in [6, 6.07) is 0. The molecule has 0 radical (unpaired) electrons. The summed E-state index contributed by atoms with van der Waals surface area (Å²) in [6.45, 7) is 14.9. The minimum absolute atomic E-state index is 0.265. The van der Waals surface area contributed by atoms with Gasteiger partial charge < -0.3 is 9.47 Å². The van der Waals surface area contributed by atoms with Crippen molar-refractivity contribution in [2.24, 2.45) is 17.8 Å². The van der Waals surface area contributed by atoms with Crippen LogP contribution in [0.4, 0.5) is 0 Å². The number of esters is 2. The van der Waals surface area contributed by atoms with E-state index in [1.165, 1.54) is 0 Å². The number of hydrogen-bond donors (Lipinski definition) is 0. The van der Waals surface area contributed by atoms with Crippen LogP contribution in [0.25, 0.3) is 0 Å². The Kier molecular flexibility index (Phi) is 12.3. The van der Waals surface area contributed by atoms with E-state index in [0.717, 1.165) is 19.3 Å². The van der Waals surface area contributed by atoms with E-state index in [1.54, 1.807) is 0 Å². The van der Waals surface area contributed by atoms with Crippen LogP contribution in [-0.4, -0.2) is 25.2 Å². The van der Waals surface area contributed by atoms with Gasteiger partial charge in [-0.2, -0.15) is 0 Å². The molecule has 0 saturated carbocycles. The van der Waals surface area contributed by atoms with Crippen LogP contribution in [0, 0.1) is 17.8 Å². The van der Waals surface area contributed by atoms with Crippen molar-refractivity contribution in [1.82, 2.24) is 0 Å². The van der Waals surface area contributed by atoms with Crippen molar-refractivity contribution in [3.8, 4) is 0 Å². The first-order valence-corrected chi connectivity index (χ1v) is 9.75. The Balaban J connectivity index is 5.51. The van der Waals surface area contributed by atoms with Crippen LogP contribution in [0.1, 0.15) is 80.6 Å². The molecule has 0 bridgehead atoms. The van der Waals surface area contributed by atoms with E-state index in [-0.39, 0.29) is 29.7 Å². The first-order chi connectivity index (χ1) is 11.7. The number of ether oxygens (including phenoxy) is 2. The molecule has 0 N–H and O–H groups in total. The zero-order valence-electron chi connectivity index (χ0n) is 17.3. The maximum Gasteiger partial charge on any atom is 0.334 e. The summed E-state index contributed by atoms with van der Waals surface area (Å²) < 4.78 is 10.9. The molecule has 0 fully saturated rings. The summed E-state index contributed by atoms with van der Waals surface area (Å²) in [5.41, 5.74) is 1.01. The first kappa shape index (κ1) is 23.7. The van der Waals surface area contributed by atoms with E-state index in [1.807, 2.05) is 41.5 Å². The summed E-state index contributed by atoms with van der Waals surface area (Å²) in [6.07, 6.45) is 4.07. The molecule has 4 heteroatoms. The van der Waals surface area contributed by atoms with Gasteiger partial charge in [0.05, 0.1) is 13.2 Å². The van der Waals surface area contributed by atoms with E-state index in [9.17, 15) is 9.59 Å². The van der Waals surface area contributed by atoms with Crippen LogP contribution in [0.2, 0.25) is 0 Å². The molecule has 0 aromatic heterocycles. The SMILES string of the molecule is CCCCCC(C(=O)OCC(C)C)=C(CC(C)C)C(=O)OCC(C)C. The minimum Gasteiger partial charge on any atom is -0.462 e. The molecule has 0 amide bonds. The fourth-order valence-corrected chi connectivity index (χ4v) is 2.32. The van der Waals surface area contributed by atoms with Gasteiger partial charge in [-0.3, -0.25) is 0 Å². The molecule has 0 aromatic rings. The zero-order valence-corrected chi connectivity index (χ0v) is 17.3. The van der Waals surface area contributed by atoms with Crippen LogP contribution >= 0.6 is 0 Å². The molecule has 0 aromatic carbocycles. The smallest absolute Gasteiger partial charge is 0.334 e. The third-order valence-electron chi connectivity index (χ3n) is 3.60. The second-order valence-corrected chi connectivity index (χ2v) is 8.00. The van der Waals surface area contributed by atoms with Crippen LogP contribution < -0.4 is 0 Å². The molecular formula is C21H38O4. The minimum atomic E-state index is -0.365. The van der Waals surface area contributed by atoms with Gasteiger partial charge >= 0.3 is 11.9 Å². The van der Waals surface area contributed by atoms with Gasteiger partial charge in [0.25, 0.3) is 0 Å². The number of rotatable bonds is 12. The lowest BCUT2D eigenvalue weighted by Crippen LogP contribution is -2.20.